The summed E-state index contributed by atoms with van der Waals surface area (Å²) in [6.07, 6.45) is 0. The van der Waals surface area contributed by atoms with Gasteiger partial charge in [0, 0.05) is 11.4 Å². The Morgan fingerprint density at radius 3 is 2.52 bits per heavy atom. The summed E-state index contributed by atoms with van der Waals surface area (Å²) in [5.41, 5.74) is 6.10. The fraction of sp³-hybridized carbons (Fsp3) is 0.391. The Labute approximate surface area is 188 Å². The van der Waals surface area contributed by atoms with E-state index in [1.807, 2.05) is 62.9 Å². The van der Waals surface area contributed by atoms with Gasteiger partial charge in [-0.2, -0.15) is 0 Å². The average Bonchev–Trinajstić information content (AvgIpc) is 3.15. The van der Waals surface area contributed by atoms with Gasteiger partial charge in [-0.25, -0.2) is 8.42 Å². The maximum absolute atomic E-state index is 12.6. The minimum atomic E-state index is -3.11. The normalized spacial score (nSPS) is 21.7. The van der Waals surface area contributed by atoms with Crippen LogP contribution in [0.1, 0.15) is 22.3 Å². The van der Waals surface area contributed by atoms with Gasteiger partial charge in [0.15, 0.2) is 15.0 Å². The standard InChI is InChI=1S/C23H27N3O3S2/c1-14-6-8-18(17(4)9-14)24-22(27)11-30-23-25-19-12-31(28,29)13-21(19)26(23)20-10-15(2)5-7-16(20)3/h5-10,19,21H,11-13H2,1-4H3,(H,24,27)/t19-,21-/m0/s1. The predicted octanol–water partition coefficient (Wildman–Crippen LogP) is 3.63. The third-order valence-electron chi connectivity index (χ3n) is 5.72. The molecule has 1 saturated heterocycles. The Bertz CT molecular complexity index is 1170. The van der Waals surface area contributed by atoms with E-state index in [1.165, 1.54) is 11.8 Å². The summed E-state index contributed by atoms with van der Waals surface area (Å²) in [6, 6.07) is 11.6. The number of hydrogen-bond acceptors (Lipinski definition) is 6. The summed E-state index contributed by atoms with van der Waals surface area (Å²) >= 11 is 1.36. The number of nitrogens with one attached hydrogen (secondary N) is 1. The van der Waals surface area contributed by atoms with Crippen LogP contribution in [0.5, 0.6) is 0 Å². The van der Waals surface area contributed by atoms with E-state index in [-0.39, 0.29) is 35.2 Å². The first kappa shape index (κ1) is 21.9. The lowest BCUT2D eigenvalue weighted by molar-refractivity contribution is -0.113. The van der Waals surface area contributed by atoms with Gasteiger partial charge in [0.2, 0.25) is 5.91 Å². The van der Waals surface area contributed by atoms with Gasteiger partial charge in [0.05, 0.1) is 29.3 Å². The molecule has 0 aromatic heterocycles. The highest BCUT2D eigenvalue weighted by Crippen LogP contribution is 2.37. The van der Waals surface area contributed by atoms with E-state index in [4.69, 9.17) is 4.99 Å². The SMILES string of the molecule is Cc1ccc(NC(=O)CSC2=N[C@H]3CS(=O)(=O)C[C@@H]3N2c2cc(C)ccc2C)c(C)c1. The van der Waals surface area contributed by atoms with Gasteiger partial charge in [-0.15, -0.1) is 0 Å². The largest absolute Gasteiger partial charge is 0.325 e. The summed E-state index contributed by atoms with van der Waals surface area (Å²) in [7, 11) is -3.11. The summed E-state index contributed by atoms with van der Waals surface area (Å²) in [6.45, 7) is 8.02. The molecule has 1 amide bonds. The van der Waals surface area contributed by atoms with Crippen LogP contribution in [-0.2, 0) is 14.6 Å². The van der Waals surface area contributed by atoms with Crippen molar-refractivity contribution in [2.24, 2.45) is 4.99 Å². The lowest BCUT2D eigenvalue weighted by Crippen LogP contribution is -2.40. The Balaban J connectivity index is 1.54. The minimum absolute atomic E-state index is 0.0673. The van der Waals surface area contributed by atoms with Crippen LogP contribution in [0.15, 0.2) is 41.4 Å². The second-order valence-electron chi connectivity index (χ2n) is 8.44. The van der Waals surface area contributed by atoms with E-state index in [2.05, 4.69) is 11.4 Å². The number of thioether (sulfide) groups is 1. The number of aryl methyl sites for hydroxylation is 4. The summed E-state index contributed by atoms with van der Waals surface area (Å²) in [5, 5.41) is 3.69. The molecule has 2 heterocycles. The summed E-state index contributed by atoms with van der Waals surface area (Å²) in [5.74, 6) is 0.260. The molecular formula is C23H27N3O3S2. The fourth-order valence-electron chi connectivity index (χ4n) is 4.16. The molecule has 0 radical (unpaired) electrons. The number of carbonyl (C=O) groups excluding carboxylic acids is 1. The molecule has 1 fully saturated rings. The number of sulfone groups is 1. The number of nitrogens with zero attached hydrogens (tertiary/aromatic N) is 2. The number of aliphatic imine (C=N–C) groups is 1. The Morgan fingerprint density at radius 2 is 1.77 bits per heavy atom. The van der Waals surface area contributed by atoms with Crippen LogP contribution >= 0.6 is 11.8 Å². The van der Waals surface area contributed by atoms with Crippen LogP contribution in [-0.4, -0.2) is 48.8 Å². The van der Waals surface area contributed by atoms with Crippen LogP contribution in [0.25, 0.3) is 0 Å². The number of anilines is 2. The van der Waals surface area contributed by atoms with Gasteiger partial charge in [0.25, 0.3) is 0 Å². The predicted molar refractivity (Wildman–Crippen MR) is 129 cm³/mol. The van der Waals surface area contributed by atoms with Crippen molar-refractivity contribution in [2.45, 2.75) is 39.8 Å². The molecule has 2 aromatic rings. The number of hydrogen-bond donors (Lipinski definition) is 1. The number of carbonyl (C=O) groups is 1. The molecule has 0 saturated carbocycles. The van der Waals surface area contributed by atoms with E-state index < -0.39 is 9.84 Å². The quantitative estimate of drug-likeness (QED) is 0.758. The van der Waals surface area contributed by atoms with E-state index in [1.54, 1.807) is 0 Å². The number of amidine groups is 1. The smallest absolute Gasteiger partial charge is 0.234 e. The first-order valence-corrected chi connectivity index (χ1v) is 13.1. The van der Waals surface area contributed by atoms with Crippen molar-refractivity contribution in [3.8, 4) is 0 Å². The zero-order valence-corrected chi connectivity index (χ0v) is 19.8. The molecule has 164 valence electrons. The van der Waals surface area contributed by atoms with Crippen molar-refractivity contribution in [1.29, 1.82) is 0 Å². The van der Waals surface area contributed by atoms with Crippen LogP contribution in [0.4, 0.5) is 11.4 Å². The highest BCUT2D eigenvalue weighted by molar-refractivity contribution is 8.14. The fourth-order valence-corrected chi connectivity index (χ4v) is 6.92. The maximum atomic E-state index is 12.6. The molecule has 0 unspecified atom stereocenters. The lowest BCUT2D eigenvalue weighted by atomic mass is 10.1. The molecule has 2 atom stereocenters. The Hall–Kier alpha value is -2.32. The van der Waals surface area contributed by atoms with Crippen molar-refractivity contribution in [2.75, 3.05) is 27.5 Å². The maximum Gasteiger partial charge on any atom is 0.234 e. The first-order chi connectivity index (χ1) is 14.6. The van der Waals surface area contributed by atoms with Crippen LogP contribution in [0.3, 0.4) is 0 Å². The summed E-state index contributed by atoms with van der Waals surface area (Å²) < 4.78 is 24.5. The van der Waals surface area contributed by atoms with Gasteiger partial charge in [-0.05, 0) is 56.5 Å². The lowest BCUT2D eigenvalue weighted by Gasteiger charge is -2.28. The second kappa shape index (κ2) is 8.31. The number of benzene rings is 2. The number of rotatable bonds is 4. The van der Waals surface area contributed by atoms with Gasteiger partial charge in [-0.1, -0.05) is 41.6 Å². The first-order valence-electron chi connectivity index (χ1n) is 10.3. The third-order valence-corrected chi connectivity index (χ3v) is 8.39. The summed E-state index contributed by atoms with van der Waals surface area (Å²) in [4.78, 5) is 19.4. The zero-order chi connectivity index (χ0) is 22.3. The molecule has 6 nitrogen and oxygen atoms in total. The van der Waals surface area contributed by atoms with Gasteiger partial charge in [-0.3, -0.25) is 9.79 Å². The molecule has 0 aliphatic carbocycles. The number of fused-ring (bicyclic) bond motifs is 1. The number of amides is 1. The monoisotopic (exact) mass is 457 g/mol. The van der Waals surface area contributed by atoms with Crippen molar-refractivity contribution >= 4 is 44.0 Å². The van der Waals surface area contributed by atoms with Gasteiger partial charge >= 0.3 is 0 Å². The van der Waals surface area contributed by atoms with Crippen molar-refractivity contribution < 1.29 is 13.2 Å². The molecule has 31 heavy (non-hydrogen) atoms. The third kappa shape index (κ3) is 4.65. The molecule has 0 spiro atoms. The minimum Gasteiger partial charge on any atom is -0.325 e. The van der Waals surface area contributed by atoms with E-state index in [9.17, 15) is 13.2 Å². The molecule has 0 bridgehead atoms. The molecule has 1 N–H and O–H groups in total. The molecule has 2 aliphatic rings. The van der Waals surface area contributed by atoms with Gasteiger partial charge in [0.1, 0.15) is 0 Å². The van der Waals surface area contributed by atoms with Gasteiger partial charge < -0.3 is 10.2 Å². The van der Waals surface area contributed by atoms with E-state index in [0.717, 1.165) is 38.8 Å². The van der Waals surface area contributed by atoms with E-state index in [0.29, 0.717) is 0 Å². The molecule has 2 aromatic carbocycles. The highest BCUT2D eigenvalue weighted by Gasteiger charge is 2.47. The van der Waals surface area contributed by atoms with E-state index >= 15 is 0 Å². The highest BCUT2D eigenvalue weighted by atomic mass is 32.2. The topological polar surface area (TPSA) is 78.8 Å². The van der Waals surface area contributed by atoms with Crippen LogP contribution in [0, 0.1) is 27.7 Å². The van der Waals surface area contributed by atoms with Crippen LogP contribution in [0.2, 0.25) is 0 Å². The molecule has 4 rings (SSSR count). The second-order valence-corrected chi connectivity index (χ2v) is 11.5. The zero-order valence-electron chi connectivity index (χ0n) is 18.2. The van der Waals surface area contributed by atoms with Crippen molar-refractivity contribution in [1.82, 2.24) is 0 Å². The molecule has 2 aliphatic heterocycles. The molecular weight excluding hydrogens is 430 g/mol. The average molecular weight is 458 g/mol. The van der Waals surface area contributed by atoms with Crippen LogP contribution < -0.4 is 10.2 Å². The Morgan fingerprint density at radius 1 is 1.06 bits per heavy atom. The van der Waals surface area contributed by atoms with Crippen molar-refractivity contribution in [3.05, 3.63) is 58.7 Å². The molecule has 8 heteroatoms. The van der Waals surface area contributed by atoms with Crippen molar-refractivity contribution in [3.63, 3.8) is 0 Å². The Kier molecular flexibility index (Phi) is 5.87.